The Balaban J connectivity index is 1.79. The van der Waals surface area contributed by atoms with E-state index in [-0.39, 0.29) is 21.9 Å². The van der Waals surface area contributed by atoms with Crippen LogP contribution < -0.4 is 24.2 Å². The molecule has 3 aromatic carbocycles. The number of sulfonamides is 1. The zero-order valence-corrected chi connectivity index (χ0v) is 19.4. The van der Waals surface area contributed by atoms with E-state index in [0.717, 1.165) is 24.3 Å². The van der Waals surface area contributed by atoms with Crippen LogP contribution in [0.3, 0.4) is 0 Å². The lowest BCUT2D eigenvalue weighted by Gasteiger charge is -2.14. The van der Waals surface area contributed by atoms with Gasteiger partial charge in [0.1, 0.15) is 17.2 Å². The Bertz CT molecular complexity index is 1280. The second-order valence-corrected chi connectivity index (χ2v) is 8.63. The summed E-state index contributed by atoms with van der Waals surface area (Å²) in [5.41, 5.74) is 0.362. The zero-order valence-electron chi connectivity index (χ0n) is 18.5. The molecule has 35 heavy (non-hydrogen) atoms. The molecule has 0 bridgehead atoms. The SMILES string of the molecule is CCOc1ccc(NS(=O)(=O)c2ccc(OC)c(NC(=O)c3ccc(OC(F)(F)F)cc3)c2)cc1. The summed E-state index contributed by atoms with van der Waals surface area (Å²) in [6, 6.07) is 14.4. The number of hydrogen-bond donors (Lipinski definition) is 2. The van der Waals surface area contributed by atoms with Gasteiger partial charge in [-0.25, -0.2) is 8.42 Å². The summed E-state index contributed by atoms with van der Waals surface area (Å²) in [6.45, 7) is 2.30. The third-order valence-corrected chi connectivity index (χ3v) is 5.88. The Labute approximate surface area is 199 Å². The predicted octanol–water partition coefficient (Wildman–Crippen LogP) is 5.05. The number of alkyl halides is 3. The third kappa shape index (κ3) is 7.03. The maximum Gasteiger partial charge on any atom is 0.573 e. The van der Waals surface area contributed by atoms with Gasteiger partial charge in [-0.2, -0.15) is 0 Å². The molecule has 186 valence electrons. The summed E-state index contributed by atoms with van der Waals surface area (Å²) < 4.78 is 79.4. The van der Waals surface area contributed by atoms with Gasteiger partial charge in [-0.05, 0) is 73.7 Å². The first-order chi connectivity index (χ1) is 16.5. The van der Waals surface area contributed by atoms with Crippen molar-refractivity contribution in [1.82, 2.24) is 0 Å². The molecule has 3 aromatic rings. The van der Waals surface area contributed by atoms with Crippen LogP contribution >= 0.6 is 0 Å². The molecule has 0 saturated carbocycles. The number of nitrogens with one attached hydrogen (secondary N) is 2. The van der Waals surface area contributed by atoms with Crippen LogP contribution in [-0.2, 0) is 10.0 Å². The van der Waals surface area contributed by atoms with E-state index in [9.17, 15) is 26.4 Å². The summed E-state index contributed by atoms with van der Waals surface area (Å²) in [5, 5.41) is 2.51. The molecule has 0 aliphatic heterocycles. The first-order valence-electron chi connectivity index (χ1n) is 10.1. The van der Waals surface area contributed by atoms with Gasteiger partial charge in [-0.3, -0.25) is 9.52 Å². The minimum Gasteiger partial charge on any atom is -0.495 e. The fourth-order valence-corrected chi connectivity index (χ4v) is 4.04. The maximum absolute atomic E-state index is 12.9. The molecule has 3 rings (SSSR count). The minimum absolute atomic E-state index is 0.0161. The van der Waals surface area contributed by atoms with E-state index in [1.165, 1.54) is 25.3 Å². The number of carbonyl (C=O) groups is 1. The van der Waals surface area contributed by atoms with Gasteiger partial charge in [0.15, 0.2) is 0 Å². The highest BCUT2D eigenvalue weighted by Gasteiger charge is 2.31. The van der Waals surface area contributed by atoms with E-state index in [4.69, 9.17) is 9.47 Å². The van der Waals surface area contributed by atoms with Crippen LogP contribution in [0.5, 0.6) is 17.2 Å². The smallest absolute Gasteiger partial charge is 0.495 e. The van der Waals surface area contributed by atoms with E-state index >= 15 is 0 Å². The number of hydrogen-bond acceptors (Lipinski definition) is 6. The molecular formula is C23H21F3N2O6S. The van der Waals surface area contributed by atoms with Gasteiger partial charge in [-0.15, -0.1) is 13.2 Å². The summed E-state index contributed by atoms with van der Waals surface area (Å²) in [5.74, 6) is -0.422. The lowest BCUT2D eigenvalue weighted by atomic mass is 10.2. The molecule has 0 spiro atoms. The van der Waals surface area contributed by atoms with Crippen molar-refractivity contribution in [2.24, 2.45) is 0 Å². The van der Waals surface area contributed by atoms with Crippen LogP contribution in [0.4, 0.5) is 24.5 Å². The average molecular weight is 510 g/mol. The van der Waals surface area contributed by atoms with E-state index < -0.39 is 28.0 Å². The molecule has 0 radical (unpaired) electrons. The standard InChI is InChI=1S/C23H21F3N2O6S/c1-3-33-17-10-6-16(7-11-17)28-35(30,31)19-12-13-21(32-2)20(14-19)27-22(29)15-4-8-18(9-5-15)34-23(24,25)26/h4-14,28H,3H2,1-2H3,(H,27,29). The largest absolute Gasteiger partial charge is 0.573 e. The minimum atomic E-state index is -4.86. The Kier molecular flexibility index (Phi) is 7.75. The Morgan fingerprint density at radius 3 is 2.14 bits per heavy atom. The summed E-state index contributed by atoms with van der Waals surface area (Å²) in [6.07, 6.45) is -4.86. The van der Waals surface area contributed by atoms with Gasteiger partial charge in [0.05, 0.1) is 24.3 Å². The molecule has 0 atom stereocenters. The normalized spacial score (nSPS) is 11.5. The van der Waals surface area contributed by atoms with E-state index in [1.807, 2.05) is 6.92 Å². The number of rotatable bonds is 9. The Morgan fingerprint density at radius 2 is 1.57 bits per heavy atom. The topological polar surface area (TPSA) is 103 Å². The molecule has 0 heterocycles. The highest BCUT2D eigenvalue weighted by atomic mass is 32.2. The summed E-state index contributed by atoms with van der Waals surface area (Å²) in [7, 11) is -2.70. The van der Waals surface area contributed by atoms with Crippen molar-refractivity contribution in [2.75, 3.05) is 23.8 Å². The molecular weight excluding hydrogens is 489 g/mol. The van der Waals surface area contributed by atoms with Gasteiger partial charge < -0.3 is 19.5 Å². The molecule has 8 nitrogen and oxygen atoms in total. The number of halogens is 3. The Morgan fingerprint density at radius 1 is 0.943 bits per heavy atom. The molecule has 1 amide bonds. The van der Waals surface area contributed by atoms with Crippen molar-refractivity contribution in [3.05, 3.63) is 72.3 Å². The highest BCUT2D eigenvalue weighted by Crippen LogP contribution is 2.30. The third-order valence-electron chi connectivity index (χ3n) is 4.50. The van der Waals surface area contributed by atoms with Crippen molar-refractivity contribution >= 4 is 27.3 Å². The van der Waals surface area contributed by atoms with Gasteiger partial charge in [0.25, 0.3) is 15.9 Å². The molecule has 2 N–H and O–H groups in total. The number of methoxy groups -OCH3 is 1. The van der Waals surface area contributed by atoms with Crippen molar-refractivity contribution in [3.8, 4) is 17.2 Å². The van der Waals surface area contributed by atoms with E-state index in [0.29, 0.717) is 18.0 Å². The Hall–Kier alpha value is -3.93. The number of ether oxygens (including phenoxy) is 3. The second kappa shape index (κ2) is 10.6. The zero-order chi connectivity index (χ0) is 25.6. The number of benzene rings is 3. The number of carbonyl (C=O) groups excluding carboxylic acids is 1. The second-order valence-electron chi connectivity index (χ2n) is 6.95. The molecule has 0 aliphatic carbocycles. The first-order valence-corrected chi connectivity index (χ1v) is 11.6. The van der Waals surface area contributed by atoms with Crippen molar-refractivity contribution in [2.45, 2.75) is 18.2 Å². The summed E-state index contributed by atoms with van der Waals surface area (Å²) >= 11 is 0. The molecule has 0 unspecified atom stereocenters. The van der Waals surface area contributed by atoms with Crippen LogP contribution in [0.2, 0.25) is 0 Å². The number of amides is 1. The lowest BCUT2D eigenvalue weighted by molar-refractivity contribution is -0.274. The van der Waals surface area contributed by atoms with Crippen molar-refractivity contribution < 1.29 is 40.6 Å². The van der Waals surface area contributed by atoms with E-state index in [1.54, 1.807) is 24.3 Å². The van der Waals surface area contributed by atoms with Crippen LogP contribution in [0.15, 0.2) is 71.6 Å². The molecule has 0 saturated heterocycles. The van der Waals surface area contributed by atoms with E-state index in [2.05, 4.69) is 14.8 Å². The molecule has 0 aliphatic rings. The van der Waals surface area contributed by atoms with Crippen LogP contribution in [0.25, 0.3) is 0 Å². The van der Waals surface area contributed by atoms with Crippen molar-refractivity contribution in [1.29, 1.82) is 0 Å². The average Bonchev–Trinajstić information content (AvgIpc) is 2.79. The highest BCUT2D eigenvalue weighted by molar-refractivity contribution is 7.92. The van der Waals surface area contributed by atoms with Gasteiger partial charge in [-0.1, -0.05) is 0 Å². The molecule has 12 heteroatoms. The monoisotopic (exact) mass is 510 g/mol. The summed E-state index contributed by atoms with van der Waals surface area (Å²) in [4.78, 5) is 12.5. The number of anilines is 2. The van der Waals surface area contributed by atoms with Crippen LogP contribution in [0.1, 0.15) is 17.3 Å². The predicted molar refractivity (Wildman–Crippen MR) is 122 cm³/mol. The quantitative estimate of drug-likeness (QED) is 0.418. The molecule has 0 aromatic heterocycles. The van der Waals surface area contributed by atoms with Gasteiger partial charge in [0.2, 0.25) is 0 Å². The fourth-order valence-electron chi connectivity index (χ4n) is 2.95. The van der Waals surface area contributed by atoms with Crippen LogP contribution in [-0.4, -0.2) is 34.4 Å². The lowest BCUT2D eigenvalue weighted by Crippen LogP contribution is -2.17. The van der Waals surface area contributed by atoms with Gasteiger partial charge in [0, 0.05) is 11.3 Å². The first kappa shape index (κ1) is 25.7. The maximum atomic E-state index is 12.9. The van der Waals surface area contributed by atoms with Crippen LogP contribution in [0, 0.1) is 0 Å². The van der Waals surface area contributed by atoms with Gasteiger partial charge >= 0.3 is 6.36 Å². The fraction of sp³-hybridized carbons (Fsp3) is 0.174. The van der Waals surface area contributed by atoms with Crippen molar-refractivity contribution in [3.63, 3.8) is 0 Å². The molecule has 0 fully saturated rings.